The first-order valence-corrected chi connectivity index (χ1v) is 15.6. The Morgan fingerprint density at radius 3 is 2.19 bits per heavy atom. The molecule has 0 fully saturated rings. The summed E-state index contributed by atoms with van der Waals surface area (Å²) in [6.45, 7) is 2.34. The fourth-order valence-corrected chi connectivity index (χ4v) is 5.69. The number of halogens is 1. The van der Waals surface area contributed by atoms with Crippen LogP contribution in [0.2, 0.25) is 0 Å². The zero-order valence-corrected chi connectivity index (χ0v) is 24.8. The largest absolute Gasteiger partial charge is 0.350 e. The summed E-state index contributed by atoms with van der Waals surface area (Å²) in [5, 5.41) is 2.96. The highest BCUT2D eigenvalue weighted by Gasteiger charge is 2.30. The number of nitrogens with zero attached hydrogens (tertiary/aromatic N) is 2. The van der Waals surface area contributed by atoms with Crippen LogP contribution < -0.4 is 10.0 Å². The van der Waals surface area contributed by atoms with E-state index in [-0.39, 0.29) is 49.2 Å². The Morgan fingerprint density at radius 2 is 1.53 bits per heavy atom. The Kier molecular flexibility index (Phi) is 11.1. The van der Waals surface area contributed by atoms with Crippen LogP contribution in [0.15, 0.2) is 108 Å². The van der Waals surface area contributed by atoms with E-state index in [9.17, 15) is 22.4 Å². The van der Waals surface area contributed by atoms with Crippen molar-refractivity contribution in [1.29, 1.82) is 0 Å². The van der Waals surface area contributed by atoms with E-state index in [1.54, 1.807) is 54.5 Å². The van der Waals surface area contributed by atoms with Gasteiger partial charge < -0.3 is 10.2 Å². The number of hydrogen-bond acceptors (Lipinski definition) is 5. The number of aromatic nitrogens is 1. The molecule has 3 aromatic carbocycles. The second-order valence-electron chi connectivity index (χ2n) is 10.1. The second-order valence-corrected chi connectivity index (χ2v) is 11.8. The van der Waals surface area contributed by atoms with E-state index < -0.39 is 21.9 Å². The average molecular weight is 603 g/mol. The van der Waals surface area contributed by atoms with Crippen LogP contribution in [-0.4, -0.2) is 42.7 Å². The molecule has 0 aliphatic carbocycles. The van der Waals surface area contributed by atoms with Crippen LogP contribution in [0.3, 0.4) is 0 Å². The minimum absolute atomic E-state index is 0.0850. The van der Waals surface area contributed by atoms with Crippen molar-refractivity contribution in [2.75, 3.05) is 6.54 Å². The molecule has 2 amide bonds. The van der Waals surface area contributed by atoms with Gasteiger partial charge in [0.2, 0.25) is 21.8 Å². The van der Waals surface area contributed by atoms with Gasteiger partial charge in [0.25, 0.3) is 0 Å². The molecule has 0 aliphatic rings. The Balaban J connectivity index is 1.58. The molecular formula is C33H35FN4O4S. The lowest BCUT2D eigenvalue weighted by atomic mass is 10.0. The maximum absolute atomic E-state index is 13.9. The van der Waals surface area contributed by atoms with Gasteiger partial charge >= 0.3 is 0 Å². The van der Waals surface area contributed by atoms with Gasteiger partial charge in [-0.25, -0.2) is 17.5 Å². The van der Waals surface area contributed by atoms with E-state index in [1.807, 2.05) is 36.4 Å². The van der Waals surface area contributed by atoms with Crippen molar-refractivity contribution < 1.29 is 22.4 Å². The molecule has 0 bridgehead atoms. The summed E-state index contributed by atoms with van der Waals surface area (Å²) in [5.41, 5.74) is 3.18. The first-order chi connectivity index (χ1) is 20.7. The highest BCUT2D eigenvalue weighted by atomic mass is 32.2. The predicted molar refractivity (Wildman–Crippen MR) is 163 cm³/mol. The van der Waals surface area contributed by atoms with Gasteiger partial charge in [0, 0.05) is 44.9 Å². The standard InChI is InChI=1S/C33H35FN4O4S/c1-2-37-43(41,42)30-17-12-25(13-18-30)14-19-32(39)38(24-27-10-15-29(34)16-11-27)31(21-26-7-4-3-5-8-26)33(40)36-23-28-9-6-20-35-22-28/h3-13,15-18,20,22,31,37H,2,14,19,21,23-24H2,1H3,(H,36,40)/t31-/m0/s1. The van der Waals surface area contributed by atoms with Crippen molar-refractivity contribution in [2.24, 2.45) is 0 Å². The summed E-state index contributed by atoms with van der Waals surface area (Å²) in [6, 6.07) is 24.5. The van der Waals surface area contributed by atoms with Crippen LogP contribution in [0.25, 0.3) is 0 Å². The molecule has 1 aromatic heterocycles. The van der Waals surface area contributed by atoms with Crippen molar-refractivity contribution in [3.8, 4) is 0 Å². The Hall–Kier alpha value is -4.41. The number of nitrogens with one attached hydrogen (secondary N) is 2. The molecule has 224 valence electrons. The lowest BCUT2D eigenvalue weighted by Gasteiger charge is -2.31. The predicted octanol–water partition coefficient (Wildman–Crippen LogP) is 4.41. The number of rotatable bonds is 14. The van der Waals surface area contributed by atoms with Gasteiger partial charge in [-0.2, -0.15) is 0 Å². The van der Waals surface area contributed by atoms with Gasteiger partial charge in [-0.1, -0.05) is 67.6 Å². The van der Waals surface area contributed by atoms with Gasteiger partial charge in [-0.15, -0.1) is 0 Å². The lowest BCUT2D eigenvalue weighted by Crippen LogP contribution is -2.50. The molecule has 0 saturated heterocycles. The highest BCUT2D eigenvalue weighted by molar-refractivity contribution is 7.89. The molecule has 10 heteroatoms. The number of carbonyl (C=O) groups is 2. The Labute approximate surface area is 252 Å². The summed E-state index contributed by atoms with van der Waals surface area (Å²) in [6.07, 6.45) is 4.03. The molecule has 1 heterocycles. The second kappa shape index (κ2) is 15.2. The maximum atomic E-state index is 13.9. The minimum atomic E-state index is -3.59. The monoisotopic (exact) mass is 602 g/mol. The summed E-state index contributed by atoms with van der Waals surface area (Å²) >= 11 is 0. The molecule has 0 spiro atoms. The van der Waals surface area contributed by atoms with Crippen molar-refractivity contribution in [3.63, 3.8) is 0 Å². The van der Waals surface area contributed by atoms with Gasteiger partial charge in [-0.05, 0) is 59.0 Å². The molecule has 0 saturated carbocycles. The molecule has 4 aromatic rings. The Bertz CT molecular complexity index is 1580. The number of amides is 2. The highest BCUT2D eigenvalue weighted by Crippen LogP contribution is 2.18. The zero-order valence-electron chi connectivity index (χ0n) is 23.9. The molecule has 43 heavy (non-hydrogen) atoms. The smallest absolute Gasteiger partial charge is 0.243 e. The number of sulfonamides is 1. The lowest BCUT2D eigenvalue weighted by molar-refractivity contribution is -0.141. The average Bonchev–Trinajstić information content (AvgIpc) is 3.02. The fraction of sp³-hybridized carbons (Fsp3) is 0.242. The number of benzene rings is 3. The third-order valence-corrected chi connectivity index (χ3v) is 8.48. The first kappa shape index (κ1) is 31.5. The third kappa shape index (κ3) is 9.29. The van der Waals surface area contributed by atoms with Crippen LogP contribution in [0, 0.1) is 5.82 Å². The van der Waals surface area contributed by atoms with E-state index >= 15 is 0 Å². The minimum Gasteiger partial charge on any atom is -0.350 e. The van der Waals surface area contributed by atoms with Gasteiger partial charge in [0.05, 0.1) is 4.90 Å². The number of aryl methyl sites for hydroxylation is 1. The third-order valence-electron chi connectivity index (χ3n) is 6.92. The van der Waals surface area contributed by atoms with Crippen molar-refractivity contribution >= 4 is 21.8 Å². The molecule has 8 nitrogen and oxygen atoms in total. The molecule has 0 unspecified atom stereocenters. The van der Waals surface area contributed by atoms with Gasteiger partial charge in [0.15, 0.2) is 0 Å². The van der Waals surface area contributed by atoms with E-state index in [2.05, 4.69) is 15.0 Å². The molecule has 0 aliphatic heterocycles. The molecule has 1 atom stereocenters. The number of pyridine rings is 1. The molecule has 2 N–H and O–H groups in total. The maximum Gasteiger partial charge on any atom is 0.243 e. The SMILES string of the molecule is CCNS(=O)(=O)c1ccc(CCC(=O)N(Cc2ccc(F)cc2)[C@@H](Cc2ccccc2)C(=O)NCc2cccnc2)cc1. The summed E-state index contributed by atoms with van der Waals surface area (Å²) in [4.78, 5) is 33.4. The van der Waals surface area contributed by atoms with E-state index in [1.165, 1.54) is 24.3 Å². The van der Waals surface area contributed by atoms with Crippen LogP contribution in [-0.2, 0) is 45.5 Å². The van der Waals surface area contributed by atoms with E-state index in [0.717, 1.165) is 16.7 Å². The quantitative estimate of drug-likeness (QED) is 0.222. The Morgan fingerprint density at radius 1 is 0.860 bits per heavy atom. The first-order valence-electron chi connectivity index (χ1n) is 14.1. The van der Waals surface area contributed by atoms with Crippen LogP contribution in [0.1, 0.15) is 35.6 Å². The zero-order chi connectivity index (χ0) is 30.7. The fourth-order valence-electron chi connectivity index (χ4n) is 4.65. The van der Waals surface area contributed by atoms with Crippen LogP contribution >= 0.6 is 0 Å². The normalized spacial score (nSPS) is 12.0. The molecule has 4 rings (SSSR count). The van der Waals surface area contributed by atoms with E-state index in [4.69, 9.17) is 0 Å². The van der Waals surface area contributed by atoms with Crippen LogP contribution in [0.5, 0.6) is 0 Å². The van der Waals surface area contributed by atoms with Gasteiger partial charge in [-0.3, -0.25) is 14.6 Å². The van der Waals surface area contributed by atoms with E-state index in [0.29, 0.717) is 12.0 Å². The topological polar surface area (TPSA) is 108 Å². The molecular weight excluding hydrogens is 567 g/mol. The number of carbonyl (C=O) groups excluding carboxylic acids is 2. The summed E-state index contributed by atoms with van der Waals surface area (Å²) < 4.78 is 40.7. The van der Waals surface area contributed by atoms with Crippen LogP contribution in [0.4, 0.5) is 4.39 Å². The van der Waals surface area contributed by atoms with Crippen molar-refractivity contribution in [3.05, 3.63) is 131 Å². The van der Waals surface area contributed by atoms with Crippen molar-refractivity contribution in [1.82, 2.24) is 19.9 Å². The number of hydrogen-bond donors (Lipinski definition) is 2. The summed E-state index contributed by atoms with van der Waals surface area (Å²) in [5.74, 6) is -0.969. The van der Waals surface area contributed by atoms with Crippen molar-refractivity contribution in [2.45, 2.75) is 50.2 Å². The molecule has 0 radical (unpaired) electrons. The summed E-state index contributed by atoms with van der Waals surface area (Å²) in [7, 11) is -3.59. The van der Waals surface area contributed by atoms with Gasteiger partial charge in [0.1, 0.15) is 11.9 Å².